The van der Waals surface area contributed by atoms with Gasteiger partial charge in [-0.1, -0.05) is 59.8 Å². The van der Waals surface area contributed by atoms with Gasteiger partial charge in [-0.05, 0) is 43.0 Å². The number of aromatic nitrogens is 2. The lowest BCUT2D eigenvalue weighted by Crippen LogP contribution is -2.18. The Labute approximate surface area is 185 Å². The first-order valence-corrected chi connectivity index (χ1v) is 11.4. The molecule has 1 amide bonds. The number of halogens is 1. The van der Waals surface area contributed by atoms with E-state index in [0.717, 1.165) is 48.0 Å². The summed E-state index contributed by atoms with van der Waals surface area (Å²) in [5.74, 6) is 0.139. The molecule has 1 atom stereocenters. The fourth-order valence-electron chi connectivity index (χ4n) is 3.52. The van der Waals surface area contributed by atoms with E-state index in [1.54, 1.807) is 0 Å². The van der Waals surface area contributed by atoms with E-state index in [2.05, 4.69) is 27.0 Å². The molecule has 1 saturated heterocycles. The van der Waals surface area contributed by atoms with Crippen molar-refractivity contribution in [3.05, 3.63) is 65.3 Å². The normalized spacial score (nSPS) is 16.0. The Morgan fingerprint density at radius 1 is 1.30 bits per heavy atom. The van der Waals surface area contributed by atoms with Gasteiger partial charge in [0.2, 0.25) is 5.91 Å². The SMILES string of the molecule is Cc1ccc(NC(=O)CSc2ncc(-c3ccccc3)n2CC2CCCO2)c(Cl)c1. The molecule has 1 N–H and O–H groups in total. The molecule has 2 heterocycles. The number of aryl methyl sites for hydroxylation is 1. The highest BCUT2D eigenvalue weighted by atomic mass is 35.5. The maximum Gasteiger partial charge on any atom is 0.234 e. The third-order valence-electron chi connectivity index (χ3n) is 5.03. The van der Waals surface area contributed by atoms with E-state index in [4.69, 9.17) is 16.3 Å². The first-order valence-electron chi connectivity index (χ1n) is 10.0. The zero-order chi connectivity index (χ0) is 20.9. The van der Waals surface area contributed by atoms with E-state index < -0.39 is 0 Å². The minimum Gasteiger partial charge on any atom is -0.376 e. The van der Waals surface area contributed by atoms with Crippen LogP contribution in [0.1, 0.15) is 18.4 Å². The van der Waals surface area contributed by atoms with E-state index in [0.29, 0.717) is 10.7 Å². The highest BCUT2D eigenvalue weighted by molar-refractivity contribution is 7.99. The number of hydrogen-bond donors (Lipinski definition) is 1. The van der Waals surface area contributed by atoms with Gasteiger partial charge in [-0.3, -0.25) is 4.79 Å². The van der Waals surface area contributed by atoms with Crippen molar-refractivity contribution >= 4 is 35.0 Å². The van der Waals surface area contributed by atoms with Crippen LogP contribution in [-0.4, -0.2) is 33.9 Å². The molecule has 1 fully saturated rings. The number of imidazole rings is 1. The lowest BCUT2D eigenvalue weighted by Gasteiger charge is -2.16. The number of nitrogens with zero attached hydrogens (tertiary/aromatic N) is 2. The van der Waals surface area contributed by atoms with Crippen LogP contribution in [0.2, 0.25) is 5.02 Å². The fraction of sp³-hybridized carbons (Fsp3) is 0.304. The molecule has 2 aromatic carbocycles. The average Bonchev–Trinajstić information content (AvgIpc) is 3.40. The highest BCUT2D eigenvalue weighted by Crippen LogP contribution is 2.29. The molecule has 5 nitrogen and oxygen atoms in total. The van der Waals surface area contributed by atoms with Gasteiger partial charge in [0.05, 0.1) is 41.0 Å². The Bertz CT molecular complexity index is 1020. The number of ether oxygens (including phenoxy) is 1. The van der Waals surface area contributed by atoms with Crippen molar-refractivity contribution in [2.45, 2.75) is 37.6 Å². The average molecular weight is 442 g/mol. The molecule has 0 saturated carbocycles. The Hall–Kier alpha value is -2.28. The molecule has 1 aliphatic heterocycles. The van der Waals surface area contributed by atoms with Crippen LogP contribution in [0.5, 0.6) is 0 Å². The summed E-state index contributed by atoms with van der Waals surface area (Å²) in [7, 11) is 0. The molecular weight excluding hydrogens is 418 g/mol. The summed E-state index contributed by atoms with van der Waals surface area (Å²) in [6, 6.07) is 15.8. The summed E-state index contributed by atoms with van der Waals surface area (Å²) in [4.78, 5) is 17.1. The number of anilines is 1. The number of rotatable bonds is 7. The second-order valence-corrected chi connectivity index (χ2v) is 8.71. The summed E-state index contributed by atoms with van der Waals surface area (Å²) in [5, 5.41) is 4.24. The van der Waals surface area contributed by atoms with E-state index in [9.17, 15) is 4.79 Å². The molecule has 7 heteroatoms. The molecule has 0 radical (unpaired) electrons. The van der Waals surface area contributed by atoms with Crippen LogP contribution in [0.25, 0.3) is 11.3 Å². The van der Waals surface area contributed by atoms with Crippen molar-refractivity contribution in [2.75, 3.05) is 17.7 Å². The molecule has 3 aromatic rings. The number of carbonyl (C=O) groups is 1. The molecule has 0 spiro atoms. The van der Waals surface area contributed by atoms with Crippen molar-refractivity contribution in [1.29, 1.82) is 0 Å². The van der Waals surface area contributed by atoms with Crippen molar-refractivity contribution in [3.8, 4) is 11.3 Å². The smallest absolute Gasteiger partial charge is 0.234 e. The molecule has 1 aliphatic rings. The van der Waals surface area contributed by atoms with Crippen molar-refractivity contribution in [3.63, 3.8) is 0 Å². The first-order chi connectivity index (χ1) is 14.6. The Morgan fingerprint density at radius 2 is 2.13 bits per heavy atom. The maximum atomic E-state index is 12.5. The number of benzene rings is 2. The minimum absolute atomic E-state index is 0.112. The zero-order valence-corrected chi connectivity index (χ0v) is 18.4. The molecule has 0 bridgehead atoms. The highest BCUT2D eigenvalue weighted by Gasteiger charge is 2.21. The molecule has 0 aliphatic carbocycles. The predicted octanol–water partition coefficient (Wildman–Crippen LogP) is 5.42. The number of thioether (sulfide) groups is 1. The number of hydrogen-bond acceptors (Lipinski definition) is 4. The Morgan fingerprint density at radius 3 is 2.87 bits per heavy atom. The van der Waals surface area contributed by atoms with Gasteiger partial charge >= 0.3 is 0 Å². The molecule has 30 heavy (non-hydrogen) atoms. The second-order valence-electron chi connectivity index (χ2n) is 7.36. The zero-order valence-electron chi connectivity index (χ0n) is 16.8. The minimum atomic E-state index is -0.112. The number of amides is 1. The van der Waals surface area contributed by atoms with Crippen molar-refractivity contribution < 1.29 is 9.53 Å². The van der Waals surface area contributed by atoms with Crippen LogP contribution < -0.4 is 5.32 Å². The van der Waals surface area contributed by atoms with Crippen molar-refractivity contribution in [1.82, 2.24) is 9.55 Å². The lowest BCUT2D eigenvalue weighted by atomic mass is 10.1. The number of carbonyl (C=O) groups excluding carboxylic acids is 1. The van der Waals surface area contributed by atoms with Crippen molar-refractivity contribution in [2.24, 2.45) is 0 Å². The van der Waals surface area contributed by atoms with E-state index in [-0.39, 0.29) is 17.8 Å². The standard InChI is InChI=1S/C23H24ClN3O2S/c1-16-9-10-20(19(24)12-16)26-22(28)15-30-23-25-13-21(17-6-3-2-4-7-17)27(23)14-18-8-5-11-29-18/h2-4,6-7,9-10,12-13,18H,5,8,11,14-15H2,1H3,(H,26,28). The van der Waals surface area contributed by atoms with Crippen LogP contribution in [0.4, 0.5) is 5.69 Å². The number of nitrogens with one attached hydrogen (secondary N) is 1. The van der Waals surface area contributed by atoms with Crippen LogP contribution >= 0.6 is 23.4 Å². The van der Waals surface area contributed by atoms with E-state index >= 15 is 0 Å². The summed E-state index contributed by atoms with van der Waals surface area (Å²) >= 11 is 7.65. The topological polar surface area (TPSA) is 56.2 Å². The summed E-state index contributed by atoms with van der Waals surface area (Å²) in [6.07, 6.45) is 4.19. The molecule has 1 unspecified atom stereocenters. The third-order valence-corrected chi connectivity index (χ3v) is 6.33. The quantitative estimate of drug-likeness (QED) is 0.497. The van der Waals surface area contributed by atoms with Gasteiger partial charge in [0.15, 0.2) is 5.16 Å². The molecule has 4 rings (SSSR count). The third kappa shape index (κ3) is 5.06. The summed E-state index contributed by atoms with van der Waals surface area (Å²) < 4.78 is 8.02. The van der Waals surface area contributed by atoms with Gasteiger partial charge in [-0.2, -0.15) is 0 Å². The maximum absolute atomic E-state index is 12.5. The van der Waals surface area contributed by atoms with Gasteiger partial charge in [-0.15, -0.1) is 0 Å². The van der Waals surface area contributed by atoms with Crippen LogP contribution in [0.3, 0.4) is 0 Å². The van der Waals surface area contributed by atoms with Gasteiger partial charge in [0.1, 0.15) is 0 Å². The second kappa shape index (κ2) is 9.69. The first kappa shape index (κ1) is 21.0. The van der Waals surface area contributed by atoms with Gasteiger partial charge < -0.3 is 14.6 Å². The van der Waals surface area contributed by atoms with E-state index in [1.165, 1.54) is 11.8 Å². The fourth-order valence-corrected chi connectivity index (χ4v) is 4.59. The van der Waals surface area contributed by atoms with Gasteiger partial charge in [0.25, 0.3) is 0 Å². The largest absolute Gasteiger partial charge is 0.376 e. The molecule has 1 aromatic heterocycles. The lowest BCUT2D eigenvalue weighted by molar-refractivity contribution is -0.113. The van der Waals surface area contributed by atoms with E-state index in [1.807, 2.05) is 49.5 Å². The monoisotopic (exact) mass is 441 g/mol. The molecular formula is C23H24ClN3O2S. The van der Waals surface area contributed by atoms with Gasteiger partial charge in [0, 0.05) is 6.61 Å². The molecule has 156 valence electrons. The Kier molecular flexibility index (Phi) is 6.77. The summed E-state index contributed by atoms with van der Waals surface area (Å²) in [5.41, 5.74) is 3.82. The van der Waals surface area contributed by atoms with Crippen LogP contribution in [0.15, 0.2) is 59.9 Å². The van der Waals surface area contributed by atoms with Gasteiger partial charge in [-0.25, -0.2) is 4.98 Å². The predicted molar refractivity (Wildman–Crippen MR) is 122 cm³/mol. The summed E-state index contributed by atoms with van der Waals surface area (Å²) in [6.45, 7) is 3.51. The van der Waals surface area contributed by atoms with Crippen LogP contribution in [0, 0.1) is 6.92 Å². The Balaban J connectivity index is 1.48. The van der Waals surface area contributed by atoms with Crippen LogP contribution in [-0.2, 0) is 16.1 Å².